The second-order valence-electron chi connectivity index (χ2n) is 4.69. The third kappa shape index (κ3) is 2.21. The number of nitrogens with zero attached hydrogens (tertiary/aromatic N) is 2. The standard InChI is InChI=1S/C14H21N3O3/c1-8(18-3)12(19-4)9-6-7-10-11(13(9)20-5)14(15)16-17(10)2/h6-8,12H,1-5H3,(H2,15,16)/t8?,12-/m1/s1. The normalized spacial score (nSPS) is 14.4. The van der Waals surface area contributed by atoms with Gasteiger partial charge in [-0.25, -0.2) is 0 Å². The molecule has 0 aliphatic carbocycles. The Bertz CT molecular complexity index is 609. The molecule has 1 heterocycles. The molecule has 6 nitrogen and oxygen atoms in total. The maximum atomic E-state index is 5.99. The van der Waals surface area contributed by atoms with Crippen molar-refractivity contribution >= 4 is 16.7 Å². The van der Waals surface area contributed by atoms with E-state index in [4.69, 9.17) is 19.9 Å². The van der Waals surface area contributed by atoms with Gasteiger partial charge in [-0.2, -0.15) is 5.10 Å². The third-order valence-electron chi connectivity index (χ3n) is 3.59. The molecule has 0 bridgehead atoms. The van der Waals surface area contributed by atoms with Gasteiger partial charge in [0, 0.05) is 26.8 Å². The summed E-state index contributed by atoms with van der Waals surface area (Å²) in [7, 11) is 6.77. The molecular weight excluding hydrogens is 258 g/mol. The molecule has 0 spiro atoms. The van der Waals surface area contributed by atoms with Crippen LogP contribution in [0.3, 0.4) is 0 Å². The molecular formula is C14H21N3O3. The van der Waals surface area contributed by atoms with Crippen LogP contribution in [0.4, 0.5) is 5.82 Å². The number of anilines is 1. The van der Waals surface area contributed by atoms with Gasteiger partial charge < -0.3 is 19.9 Å². The average Bonchev–Trinajstić information content (AvgIpc) is 2.74. The number of aryl methyl sites for hydroxylation is 1. The summed E-state index contributed by atoms with van der Waals surface area (Å²) in [4.78, 5) is 0. The van der Waals surface area contributed by atoms with Crippen molar-refractivity contribution in [2.24, 2.45) is 7.05 Å². The molecule has 0 fully saturated rings. The van der Waals surface area contributed by atoms with Crippen molar-refractivity contribution in [3.8, 4) is 5.75 Å². The highest BCUT2D eigenvalue weighted by Gasteiger charge is 2.25. The summed E-state index contributed by atoms with van der Waals surface area (Å²) in [5, 5.41) is 5.04. The molecule has 2 aromatic rings. The Balaban J connectivity index is 2.67. The summed E-state index contributed by atoms with van der Waals surface area (Å²) < 4.78 is 18.2. The average molecular weight is 279 g/mol. The lowest BCUT2D eigenvalue weighted by atomic mass is 10.0. The number of aromatic nitrogens is 2. The maximum absolute atomic E-state index is 5.99. The van der Waals surface area contributed by atoms with Crippen molar-refractivity contribution in [2.45, 2.75) is 19.1 Å². The summed E-state index contributed by atoms with van der Waals surface area (Å²) >= 11 is 0. The van der Waals surface area contributed by atoms with E-state index in [0.29, 0.717) is 11.6 Å². The maximum Gasteiger partial charge on any atom is 0.157 e. The molecule has 0 radical (unpaired) electrons. The smallest absolute Gasteiger partial charge is 0.157 e. The number of methoxy groups -OCH3 is 3. The second kappa shape index (κ2) is 5.68. The minimum Gasteiger partial charge on any atom is -0.496 e. The van der Waals surface area contributed by atoms with Gasteiger partial charge in [0.1, 0.15) is 11.9 Å². The van der Waals surface area contributed by atoms with Crippen LogP contribution < -0.4 is 10.5 Å². The fourth-order valence-electron chi connectivity index (χ4n) is 2.51. The molecule has 0 aliphatic heterocycles. The van der Waals surface area contributed by atoms with Crippen LogP contribution in [0.2, 0.25) is 0 Å². The predicted molar refractivity (Wildman–Crippen MR) is 77.9 cm³/mol. The molecule has 0 aliphatic rings. The van der Waals surface area contributed by atoms with Crippen molar-refractivity contribution < 1.29 is 14.2 Å². The molecule has 2 N–H and O–H groups in total. The number of rotatable bonds is 5. The van der Waals surface area contributed by atoms with Gasteiger partial charge in [0.2, 0.25) is 0 Å². The van der Waals surface area contributed by atoms with Crippen LogP contribution in [0, 0.1) is 0 Å². The zero-order valence-corrected chi connectivity index (χ0v) is 12.5. The fraction of sp³-hybridized carbons (Fsp3) is 0.500. The summed E-state index contributed by atoms with van der Waals surface area (Å²) in [5.74, 6) is 1.13. The van der Waals surface area contributed by atoms with Gasteiger partial charge in [-0.05, 0) is 13.0 Å². The summed E-state index contributed by atoms with van der Waals surface area (Å²) in [5.41, 5.74) is 7.81. The molecule has 0 saturated heterocycles. The van der Waals surface area contributed by atoms with E-state index >= 15 is 0 Å². The first kappa shape index (κ1) is 14.6. The molecule has 1 aromatic carbocycles. The first-order valence-electron chi connectivity index (χ1n) is 6.39. The minimum absolute atomic E-state index is 0.107. The Morgan fingerprint density at radius 3 is 2.45 bits per heavy atom. The van der Waals surface area contributed by atoms with Crippen LogP contribution in [0.5, 0.6) is 5.75 Å². The highest BCUT2D eigenvalue weighted by atomic mass is 16.5. The Morgan fingerprint density at radius 1 is 1.20 bits per heavy atom. The van der Waals surface area contributed by atoms with E-state index in [9.17, 15) is 0 Å². The van der Waals surface area contributed by atoms with Crippen LogP contribution in [0.15, 0.2) is 12.1 Å². The van der Waals surface area contributed by atoms with Gasteiger partial charge in [0.25, 0.3) is 0 Å². The van der Waals surface area contributed by atoms with Crippen molar-refractivity contribution in [1.29, 1.82) is 0 Å². The van der Waals surface area contributed by atoms with Gasteiger partial charge >= 0.3 is 0 Å². The topological polar surface area (TPSA) is 71.5 Å². The SMILES string of the molecule is COc1c([C@H](OC)C(C)OC)ccc2c1c(N)nn2C. The molecule has 1 aromatic heterocycles. The molecule has 2 rings (SSSR count). The van der Waals surface area contributed by atoms with E-state index in [-0.39, 0.29) is 12.2 Å². The Kier molecular flexibility index (Phi) is 4.15. The Morgan fingerprint density at radius 2 is 1.90 bits per heavy atom. The lowest BCUT2D eigenvalue weighted by Gasteiger charge is -2.24. The van der Waals surface area contributed by atoms with Crippen molar-refractivity contribution in [2.75, 3.05) is 27.1 Å². The first-order chi connectivity index (χ1) is 9.54. The van der Waals surface area contributed by atoms with Crippen LogP contribution in [0.25, 0.3) is 10.9 Å². The zero-order valence-electron chi connectivity index (χ0n) is 12.5. The van der Waals surface area contributed by atoms with Crippen LogP contribution in [-0.2, 0) is 16.5 Å². The van der Waals surface area contributed by atoms with Crippen molar-refractivity contribution in [1.82, 2.24) is 9.78 Å². The van der Waals surface area contributed by atoms with Gasteiger partial charge in [-0.3, -0.25) is 4.68 Å². The lowest BCUT2D eigenvalue weighted by molar-refractivity contribution is -0.0286. The first-order valence-corrected chi connectivity index (χ1v) is 6.39. The number of hydrogen-bond donors (Lipinski definition) is 1. The van der Waals surface area contributed by atoms with Crippen LogP contribution in [-0.4, -0.2) is 37.2 Å². The molecule has 2 atom stereocenters. The number of nitrogens with two attached hydrogens (primary N) is 1. The third-order valence-corrected chi connectivity index (χ3v) is 3.59. The van der Waals surface area contributed by atoms with E-state index in [0.717, 1.165) is 16.5 Å². The fourth-order valence-corrected chi connectivity index (χ4v) is 2.51. The number of nitrogen functional groups attached to an aromatic ring is 1. The van der Waals surface area contributed by atoms with E-state index in [1.165, 1.54) is 0 Å². The van der Waals surface area contributed by atoms with E-state index < -0.39 is 0 Å². The minimum atomic E-state index is -0.237. The van der Waals surface area contributed by atoms with Gasteiger partial charge in [0.15, 0.2) is 5.82 Å². The monoisotopic (exact) mass is 279 g/mol. The molecule has 1 unspecified atom stereocenters. The van der Waals surface area contributed by atoms with Crippen LogP contribution >= 0.6 is 0 Å². The molecule has 0 saturated carbocycles. The number of fused-ring (bicyclic) bond motifs is 1. The number of hydrogen-bond acceptors (Lipinski definition) is 5. The van der Waals surface area contributed by atoms with Crippen LogP contribution in [0.1, 0.15) is 18.6 Å². The second-order valence-corrected chi connectivity index (χ2v) is 4.69. The van der Waals surface area contributed by atoms with E-state index in [1.807, 2.05) is 26.1 Å². The summed E-state index contributed by atoms with van der Waals surface area (Å²) in [6.45, 7) is 1.95. The van der Waals surface area contributed by atoms with Crippen molar-refractivity contribution in [3.63, 3.8) is 0 Å². The highest BCUT2D eigenvalue weighted by molar-refractivity contribution is 5.95. The quantitative estimate of drug-likeness (QED) is 0.905. The van der Waals surface area contributed by atoms with Crippen molar-refractivity contribution in [3.05, 3.63) is 17.7 Å². The summed E-state index contributed by atoms with van der Waals surface area (Å²) in [6, 6.07) is 3.93. The number of ether oxygens (including phenoxy) is 3. The Hall–Kier alpha value is -1.79. The highest BCUT2D eigenvalue weighted by Crippen LogP contribution is 2.38. The predicted octanol–water partition coefficient (Wildman–Crippen LogP) is 1.89. The molecule has 110 valence electrons. The Labute approximate surface area is 118 Å². The van der Waals surface area contributed by atoms with E-state index in [2.05, 4.69) is 5.10 Å². The number of benzene rings is 1. The largest absolute Gasteiger partial charge is 0.496 e. The van der Waals surface area contributed by atoms with E-state index in [1.54, 1.807) is 26.0 Å². The zero-order chi connectivity index (χ0) is 14.9. The molecule has 20 heavy (non-hydrogen) atoms. The van der Waals surface area contributed by atoms with Gasteiger partial charge in [0.05, 0.1) is 24.1 Å². The molecule has 0 amide bonds. The summed E-state index contributed by atoms with van der Waals surface area (Å²) in [6.07, 6.45) is -0.344. The van der Waals surface area contributed by atoms with Gasteiger partial charge in [-0.15, -0.1) is 0 Å². The lowest BCUT2D eigenvalue weighted by Crippen LogP contribution is -2.19. The van der Waals surface area contributed by atoms with Gasteiger partial charge in [-0.1, -0.05) is 6.07 Å². The molecule has 6 heteroatoms.